The maximum absolute atomic E-state index is 12.9. The van der Waals surface area contributed by atoms with Crippen molar-refractivity contribution in [3.05, 3.63) is 35.7 Å². The molecule has 2 aromatic rings. The molecule has 174 valence electrons. The summed E-state index contributed by atoms with van der Waals surface area (Å²) >= 11 is 0. The predicted molar refractivity (Wildman–Crippen MR) is 112 cm³/mol. The Hall–Kier alpha value is -2.82. The Labute approximate surface area is 184 Å². The second kappa shape index (κ2) is 8.97. The third-order valence-electron chi connectivity index (χ3n) is 6.20. The SMILES string of the molecule is COc1nn(C)cc1C(=O)N1CCC(N2CCN(c3ccc(C(F)(F)F)cn3)CC2)CC1. The Morgan fingerprint density at radius 3 is 2.34 bits per heavy atom. The number of nitrogens with zero attached hydrogens (tertiary/aromatic N) is 6. The number of piperazine rings is 1. The van der Waals surface area contributed by atoms with Crippen molar-refractivity contribution in [2.45, 2.75) is 25.1 Å². The van der Waals surface area contributed by atoms with E-state index < -0.39 is 11.7 Å². The van der Waals surface area contributed by atoms with Crippen molar-refractivity contribution in [1.82, 2.24) is 24.6 Å². The molecule has 0 unspecified atom stereocenters. The fourth-order valence-corrected chi connectivity index (χ4v) is 4.43. The van der Waals surface area contributed by atoms with Crippen LogP contribution in [0.3, 0.4) is 0 Å². The number of likely N-dealkylation sites (tertiary alicyclic amines) is 1. The Kier molecular flexibility index (Phi) is 6.27. The molecule has 0 N–H and O–H groups in total. The van der Waals surface area contributed by atoms with Crippen molar-refractivity contribution in [2.24, 2.45) is 7.05 Å². The smallest absolute Gasteiger partial charge is 0.417 e. The highest BCUT2D eigenvalue weighted by Gasteiger charge is 2.33. The third kappa shape index (κ3) is 4.67. The lowest BCUT2D eigenvalue weighted by Gasteiger charge is -2.43. The summed E-state index contributed by atoms with van der Waals surface area (Å²) in [6.45, 7) is 4.40. The number of hydrogen-bond acceptors (Lipinski definition) is 6. The van der Waals surface area contributed by atoms with Crippen LogP contribution in [0.4, 0.5) is 19.0 Å². The van der Waals surface area contributed by atoms with E-state index in [-0.39, 0.29) is 5.91 Å². The lowest BCUT2D eigenvalue weighted by Crippen LogP contribution is -2.54. The van der Waals surface area contributed by atoms with E-state index in [4.69, 9.17) is 4.74 Å². The van der Waals surface area contributed by atoms with Crippen LogP contribution in [0.15, 0.2) is 24.5 Å². The van der Waals surface area contributed by atoms with E-state index >= 15 is 0 Å². The highest BCUT2D eigenvalue weighted by molar-refractivity contribution is 5.96. The average Bonchev–Trinajstić information content (AvgIpc) is 3.19. The molecule has 11 heteroatoms. The first-order valence-electron chi connectivity index (χ1n) is 10.7. The Bertz CT molecular complexity index is 930. The number of hydrogen-bond donors (Lipinski definition) is 0. The second-order valence-corrected chi connectivity index (χ2v) is 8.17. The van der Waals surface area contributed by atoms with E-state index in [1.807, 2.05) is 9.80 Å². The van der Waals surface area contributed by atoms with Gasteiger partial charge < -0.3 is 14.5 Å². The van der Waals surface area contributed by atoms with E-state index in [0.29, 0.717) is 49.5 Å². The number of pyridine rings is 1. The van der Waals surface area contributed by atoms with E-state index in [1.54, 1.807) is 17.9 Å². The molecule has 2 aliphatic rings. The summed E-state index contributed by atoms with van der Waals surface area (Å²) in [4.78, 5) is 23.1. The zero-order valence-electron chi connectivity index (χ0n) is 18.2. The number of halogens is 3. The molecule has 0 atom stereocenters. The van der Waals surface area contributed by atoms with Gasteiger partial charge in [-0.25, -0.2) is 4.98 Å². The van der Waals surface area contributed by atoms with Gasteiger partial charge in [0.15, 0.2) is 0 Å². The van der Waals surface area contributed by atoms with Crippen LogP contribution in [-0.2, 0) is 13.2 Å². The molecule has 0 aliphatic carbocycles. The van der Waals surface area contributed by atoms with E-state index in [0.717, 1.165) is 38.2 Å². The second-order valence-electron chi connectivity index (χ2n) is 8.17. The first-order valence-corrected chi connectivity index (χ1v) is 10.7. The van der Waals surface area contributed by atoms with Gasteiger partial charge in [0, 0.05) is 64.8 Å². The molecule has 2 saturated heterocycles. The van der Waals surface area contributed by atoms with Gasteiger partial charge in [-0.3, -0.25) is 14.4 Å². The fraction of sp³-hybridized carbons (Fsp3) is 0.571. The Morgan fingerprint density at radius 1 is 1.09 bits per heavy atom. The monoisotopic (exact) mass is 452 g/mol. The third-order valence-corrected chi connectivity index (χ3v) is 6.20. The first-order chi connectivity index (χ1) is 15.3. The van der Waals surface area contributed by atoms with E-state index in [9.17, 15) is 18.0 Å². The molecule has 4 heterocycles. The van der Waals surface area contributed by atoms with Crippen molar-refractivity contribution < 1.29 is 22.7 Å². The van der Waals surface area contributed by atoms with Crippen molar-refractivity contribution in [3.8, 4) is 5.88 Å². The molecule has 2 aliphatic heterocycles. The summed E-state index contributed by atoms with van der Waals surface area (Å²) < 4.78 is 45.0. The summed E-state index contributed by atoms with van der Waals surface area (Å²) in [5.41, 5.74) is -0.254. The number of aryl methyl sites for hydroxylation is 1. The average molecular weight is 452 g/mol. The highest BCUT2D eigenvalue weighted by Crippen LogP contribution is 2.30. The Balaban J connectivity index is 1.28. The van der Waals surface area contributed by atoms with Gasteiger partial charge >= 0.3 is 6.18 Å². The van der Waals surface area contributed by atoms with Crippen molar-refractivity contribution in [3.63, 3.8) is 0 Å². The quantitative estimate of drug-likeness (QED) is 0.709. The molecule has 0 aromatic carbocycles. The lowest BCUT2D eigenvalue weighted by molar-refractivity contribution is -0.137. The van der Waals surface area contributed by atoms with Gasteiger partial charge in [-0.1, -0.05) is 0 Å². The van der Waals surface area contributed by atoms with Gasteiger partial charge in [0.25, 0.3) is 5.91 Å². The minimum Gasteiger partial charge on any atom is -0.479 e. The van der Waals surface area contributed by atoms with Crippen LogP contribution in [0.5, 0.6) is 5.88 Å². The normalized spacial score (nSPS) is 18.8. The molecule has 1 amide bonds. The molecular formula is C21H27F3N6O2. The van der Waals surface area contributed by atoms with Crippen molar-refractivity contribution in [1.29, 1.82) is 0 Å². The number of methoxy groups -OCH3 is 1. The van der Waals surface area contributed by atoms with Gasteiger partial charge in [-0.15, -0.1) is 5.10 Å². The molecule has 0 radical (unpaired) electrons. The number of aromatic nitrogens is 3. The van der Waals surface area contributed by atoms with Gasteiger partial charge in [0.05, 0.1) is 12.7 Å². The van der Waals surface area contributed by atoms with Crippen molar-refractivity contribution >= 4 is 11.7 Å². The lowest BCUT2D eigenvalue weighted by atomic mass is 10.0. The molecule has 0 spiro atoms. The van der Waals surface area contributed by atoms with Crippen molar-refractivity contribution in [2.75, 3.05) is 51.3 Å². The molecule has 0 saturated carbocycles. The number of ether oxygens (including phenoxy) is 1. The fourth-order valence-electron chi connectivity index (χ4n) is 4.43. The zero-order chi connectivity index (χ0) is 22.9. The molecule has 2 aromatic heterocycles. The molecule has 8 nitrogen and oxygen atoms in total. The molecule has 0 bridgehead atoms. The predicted octanol–water partition coefficient (Wildman–Crippen LogP) is 2.27. The van der Waals surface area contributed by atoms with Gasteiger partial charge in [0.2, 0.25) is 5.88 Å². The van der Waals surface area contributed by atoms with Crippen LogP contribution in [0, 0.1) is 0 Å². The summed E-state index contributed by atoms with van der Waals surface area (Å²) in [6.07, 6.45) is -0.0320. The number of anilines is 1. The topological polar surface area (TPSA) is 66.7 Å². The van der Waals surface area contributed by atoms with Crippen LogP contribution in [0.2, 0.25) is 0 Å². The summed E-state index contributed by atoms with van der Waals surface area (Å²) in [5.74, 6) is 0.850. The number of carbonyl (C=O) groups is 1. The largest absolute Gasteiger partial charge is 0.479 e. The zero-order valence-corrected chi connectivity index (χ0v) is 18.2. The molecule has 4 rings (SSSR count). The van der Waals surface area contributed by atoms with Crippen LogP contribution < -0.4 is 9.64 Å². The van der Waals surface area contributed by atoms with E-state index in [2.05, 4.69) is 15.0 Å². The van der Waals surface area contributed by atoms with E-state index in [1.165, 1.54) is 13.2 Å². The Morgan fingerprint density at radius 2 is 1.78 bits per heavy atom. The number of piperidine rings is 1. The number of amides is 1. The minimum atomic E-state index is -4.37. The summed E-state index contributed by atoms with van der Waals surface area (Å²) in [5, 5.41) is 4.16. The summed E-state index contributed by atoms with van der Waals surface area (Å²) in [7, 11) is 3.26. The number of alkyl halides is 3. The standard InChI is InChI=1S/C21H27F3N6O2/c1-27-14-17(19(26-27)32-2)20(31)30-7-5-16(6-8-30)28-9-11-29(12-10-28)18-4-3-15(13-25-18)21(22,23)24/h3-4,13-14,16H,5-12H2,1-2H3. The first kappa shape index (κ1) is 22.4. The molecule has 2 fully saturated rings. The maximum atomic E-state index is 12.9. The molecular weight excluding hydrogens is 425 g/mol. The number of rotatable bonds is 4. The minimum absolute atomic E-state index is 0.0633. The maximum Gasteiger partial charge on any atom is 0.417 e. The van der Waals surface area contributed by atoms with Gasteiger partial charge in [-0.05, 0) is 25.0 Å². The van der Waals surface area contributed by atoms with Crippen LogP contribution in [-0.4, -0.2) is 82.9 Å². The van der Waals surface area contributed by atoms with Gasteiger partial charge in [0.1, 0.15) is 11.4 Å². The summed E-state index contributed by atoms with van der Waals surface area (Å²) in [6, 6.07) is 2.91. The van der Waals surface area contributed by atoms with Crippen LogP contribution in [0.25, 0.3) is 0 Å². The highest BCUT2D eigenvalue weighted by atomic mass is 19.4. The van der Waals surface area contributed by atoms with Crippen LogP contribution >= 0.6 is 0 Å². The van der Waals surface area contributed by atoms with Gasteiger partial charge in [-0.2, -0.15) is 13.2 Å². The van der Waals surface area contributed by atoms with Crippen LogP contribution in [0.1, 0.15) is 28.8 Å². The molecule has 32 heavy (non-hydrogen) atoms. The number of carbonyl (C=O) groups excluding carboxylic acids is 1.